The maximum absolute atomic E-state index is 4.77. The normalized spacial score (nSPS) is 9.27. The van der Waals surface area contributed by atoms with E-state index >= 15 is 0 Å². The molecule has 0 aromatic heterocycles. The van der Waals surface area contributed by atoms with E-state index in [-0.39, 0.29) is 0 Å². The SMILES string of the molecule is C=N/N=C(/OC)C(=C)C.CC. The monoisotopic (exact) mass is 156 g/mol. The largest absolute Gasteiger partial charge is 0.480 e. The summed E-state index contributed by atoms with van der Waals surface area (Å²) < 4.78 is 4.77. The van der Waals surface area contributed by atoms with Gasteiger partial charge in [0.15, 0.2) is 0 Å². The quantitative estimate of drug-likeness (QED) is 0.343. The van der Waals surface area contributed by atoms with Crippen LogP contribution < -0.4 is 0 Å². The summed E-state index contributed by atoms with van der Waals surface area (Å²) in [5.74, 6) is 0.421. The second kappa shape index (κ2) is 8.88. The predicted octanol–water partition coefficient (Wildman–Crippen LogP) is 2.25. The van der Waals surface area contributed by atoms with E-state index in [4.69, 9.17) is 4.74 Å². The first-order valence-corrected chi connectivity index (χ1v) is 3.46. The van der Waals surface area contributed by atoms with Gasteiger partial charge in [0, 0.05) is 12.3 Å². The average Bonchev–Trinajstić information content (AvgIpc) is 2.03. The molecule has 3 heteroatoms. The summed E-state index contributed by atoms with van der Waals surface area (Å²) in [6.07, 6.45) is 0. The average molecular weight is 156 g/mol. The molecule has 0 aromatic carbocycles. The summed E-state index contributed by atoms with van der Waals surface area (Å²) in [4.78, 5) is 0. The Morgan fingerprint density at radius 1 is 1.36 bits per heavy atom. The van der Waals surface area contributed by atoms with Crippen LogP contribution in [-0.2, 0) is 4.74 Å². The van der Waals surface area contributed by atoms with Crippen molar-refractivity contribution in [2.45, 2.75) is 20.8 Å². The van der Waals surface area contributed by atoms with E-state index in [2.05, 4.69) is 23.5 Å². The van der Waals surface area contributed by atoms with Crippen molar-refractivity contribution in [1.82, 2.24) is 0 Å². The first-order valence-electron chi connectivity index (χ1n) is 3.46. The lowest BCUT2D eigenvalue weighted by Gasteiger charge is -1.98. The summed E-state index contributed by atoms with van der Waals surface area (Å²) in [5.41, 5.74) is 0.741. The Hall–Kier alpha value is -1.12. The summed E-state index contributed by atoms with van der Waals surface area (Å²) >= 11 is 0. The van der Waals surface area contributed by atoms with E-state index < -0.39 is 0 Å². The van der Waals surface area contributed by atoms with Gasteiger partial charge >= 0.3 is 0 Å². The van der Waals surface area contributed by atoms with Crippen LogP contribution >= 0.6 is 0 Å². The van der Waals surface area contributed by atoms with Gasteiger partial charge in [-0.15, -0.1) is 5.10 Å². The molecule has 3 nitrogen and oxygen atoms in total. The molecule has 64 valence electrons. The fraction of sp³-hybridized carbons (Fsp3) is 0.500. The zero-order valence-corrected chi connectivity index (χ0v) is 7.72. The lowest BCUT2D eigenvalue weighted by Crippen LogP contribution is -2.00. The molecule has 0 N–H and O–H groups in total. The third-order valence-electron chi connectivity index (χ3n) is 0.720. The van der Waals surface area contributed by atoms with Crippen LogP contribution in [0.2, 0.25) is 0 Å². The Morgan fingerprint density at radius 2 is 1.82 bits per heavy atom. The second-order valence-electron chi connectivity index (χ2n) is 1.53. The van der Waals surface area contributed by atoms with Crippen LogP contribution in [0.25, 0.3) is 0 Å². The maximum Gasteiger partial charge on any atom is 0.235 e. The third kappa shape index (κ3) is 6.77. The van der Waals surface area contributed by atoms with Crippen LogP contribution in [0.5, 0.6) is 0 Å². The van der Waals surface area contributed by atoms with Gasteiger partial charge in [-0.05, 0) is 6.92 Å². The summed E-state index contributed by atoms with van der Waals surface area (Å²) in [6, 6.07) is 0. The van der Waals surface area contributed by atoms with Gasteiger partial charge < -0.3 is 4.74 Å². The number of methoxy groups -OCH3 is 1. The third-order valence-corrected chi connectivity index (χ3v) is 0.720. The minimum Gasteiger partial charge on any atom is -0.480 e. The molecule has 0 saturated carbocycles. The Balaban J connectivity index is 0. The zero-order chi connectivity index (χ0) is 9.28. The standard InChI is InChI=1S/C6H10N2O.C2H6/c1-5(2)6(9-4)8-7-3;1-2/h1,3H2,2,4H3;1-2H3/b8-6+;. The number of nitrogens with zero attached hydrogens (tertiary/aromatic N) is 2. The molecule has 0 atom stereocenters. The van der Waals surface area contributed by atoms with Crippen molar-refractivity contribution >= 4 is 12.6 Å². The second-order valence-corrected chi connectivity index (χ2v) is 1.53. The smallest absolute Gasteiger partial charge is 0.235 e. The van der Waals surface area contributed by atoms with Crippen molar-refractivity contribution in [3.63, 3.8) is 0 Å². The van der Waals surface area contributed by atoms with Gasteiger partial charge in [0.2, 0.25) is 5.90 Å². The Morgan fingerprint density at radius 3 is 1.91 bits per heavy atom. The van der Waals surface area contributed by atoms with Crippen LogP contribution in [0.4, 0.5) is 0 Å². The van der Waals surface area contributed by atoms with Gasteiger partial charge in [-0.3, -0.25) is 0 Å². The first-order chi connectivity index (χ1) is 5.22. The highest BCUT2D eigenvalue weighted by Crippen LogP contribution is 1.93. The van der Waals surface area contributed by atoms with Crippen LogP contribution in [0.1, 0.15) is 20.8 Å². The number of rotatable bonds is 2. The lowest BCUT2D eigenvalue weighted by atomic mass is 10.3. The molecule has 0 aromatic rings. The topological polar surface area (TPSA) is 34.0 Å². The van der Waals surface area contributed by atoms with E-state index in [1.807, 2.05) is 13.8 Å². The van der Waals surface area contributed by atoms with Gasteiger partial charge in [-0.2, -0.15) is 5.10 Å². The number of hydrogen-bond donors (Lipinski definition) is 0. The first kappa shape index (κ1) is 12.5. The van der Waals surface area contributed by atoms with Crippen molar-refractivity contribution < 1.29 is 4.74 Å². The van der Waals surface area contributed by atoms with Crippen LogP contribution in [-0.4, -0.2) is 19.7 Å². The number of ether oxygens (including phenoxy) is 1. The molecule has 0 unspecified atom stereocenters. The molecule has 0 aliphatic rings. The van der Waals surface area contributed by atoms with E-state index in [1.54, 1.807) is 6.92 Å². The van der Waals surface area contributed by atoms with Crippen molar-refractivity contribution in [2.75, 3.05) is 7.11 Å². The molecule has 11 heavy (non-hydrogen) atoms. The molecule has 0 radical (unpaired) electrons. The minimum atomic E-state index is 0.421. The molecular weight excluding hydrogens is 140 g/mol. The molecule has 0 amide bonds. The molecule has 0 spiro atoms. The molecule has 0 fully saturated rings. The van der Waals surface area contributed by atoms with Crippen LogP contribution in [0, 0.1) is 0 Å². The highest BCUT2D eigenvalue weighted by Gasteiger charge is 1.94. The van der Waals surface area contributed by atoms with E-state index in [0.29, 0.717) is 5.90 Å². The van der Waals surface area contributed by atoms with E-state index in [9.17, 15) is 0 Å². The van der Waals surface area contributed by atoms with Gasteiger partial charge in [-0.1, -0.05) is 20.4 Å². The van der Waals surface area contributed by atoms with Crippen molar-refractivity contribution in [3.05, 3.63) is 12.2 Å². The fourth-order valence-electron chi connectivity index (χ4n) is 0.365. The molecule has 0 saturated heterocycles. The number of hydrogen-bond acceptors (Lipinski definition) is 3. The Bertz CT molecular complexity index is 150. The van der Waals surface area contributed by atoms with Gasteiger partial charge in [-0.25, -0.2) is 0 Å². The van der Waals surface area contributed by atoms with Crippen molar-refractivity contribution in [3.8, 4) is 0 Å². The Labute approximate surface area is 68.5 Å². The molecule has 0 aliphatic heterocycles. The van der Waals surface area contributed by atoms with Gasteiger partial charge in [0.25, 0.3) is 0 Å². The highest BCUT2D eigenvalue weighted by molar-refractivity contribution is 5.92. The zero-order valence-electron chi connectivity index (χ0n) is 7.72. The minimum absolute atomic E-state index is 0.421. The van der Waals surface area contributed by atoms with Crippen molar-refractivity contribution in [1.29, 1.82) is 0 Å². The summed E-state index contributed by atoms with van der Waals surface area (Å²) in [5, 5.41) is 6.83. The van der Waals surface area contributed by atoms with E-state index in [0.717, 1.165) is 5.57 Å². The fourth-order valence-corrected chi connectivity index (χ4v) is 0.365. The molecule has 0 heterocycles. The molecule has 0 aliphatic carbocycles. The van der Waals surface area contributed by atoms with Crippen molar-refractivity contribution in [2.24, 2.45) is 10.2 Å². The summed E-state index contributed by atoms with van der Waals surface area (Å²) in [7, 11) is 1.51. The van der Waals surface area contributed by atoms with Gasteiger partial charge in [0.1, 0.15) is 0 Å². The predicted molar refractivity (Wildman–Crippen MR) is 50.2 cm³/mol. The highest BCUT2D eigenvalue weighted by atomic mass is 16.5. The van der Waals surface area contributed by atoms with Crippen LogP contribution in [0.15, 0.2) is 22.4 Å². The van der Waals surface area contributed by atoms with Crippen LogP contribution in [0.3, 0.4) is 0 Å². The molecular formula is C8H16N2O. The summed E-state index contributed by atoms with van der Waals surface area (Å²) in [6.45, 7) is 12.6. The lowest BCUT2D eigenvalue weighted by molar-refractivity contribution is 0.402. The van der Waals surface area contributed by atoms with Gasteiger partial charge in [0.05, 0.1) is 7.11 Å². The Kier molecular flexibility index (Phi) is 10.1. The maximum atomic E-state index is 4.77. The van der Waals surface area contributed by atoms with E-state index in [1.165, 1.54) is 7.11 Å². The molecule has 0 bridgehead atoms. The molecule has 0 rings (SSSR count).